The van der Waals surface area contributed by atoms with Gasteiger partial charge in [-0.1, -0.05) is 13.8 Å². The maximum atomic E-state index is 7.39. The van der Waals surface area contributed by atoms with Crippen molar-refractivity contribution in [1.29, 1.82) is 5.41 Å². The molecule has 0 radical (unpaired) electrons. The van der Waals surface area contributed by atoms with Crippen LogP contribution in [-0.2, 0) is 11.3 Å². The van der Waals surface area contributed by atoms with Gasteiger partial charge in [0.25, 0.3) is 0 Å². The highest BCUT2D eigenvalue weighted by atomic mass is 16.5. The van der Waals surface area contributed by atoms with E-state index in [-0.39, 0.29) is 5.84 Å². The Morgan fingerprint density at radius 2 is 2.05 bits per heavy atom. The van der Waals surface area contributed by atoms with Gasteiger partial charge in [-0.25, -0.2) is 0 Å². The summed E-state index contributed by atoms with van der Waals surface area (Å²) in [6.07, 6.45) is 5.64. The molecule has 0 spiro atoms. The number of amidine groups is 1. The number of nitrogens with zero attached hydrogens (tertiary/aromatic N) is 1. The third kappa shape index (κ3) is 4.03. The summed E-state index contributed by atoms with van der Waals surface area (Å²) in [6.45, 7) is 5.17. The molecule has 0 bridgehead atoms. The van der Waals surface area contributed by atoms with Gasteiger partial charge in [-0.3, -0.25) is 10.4 Å². The number of rotatable bonds is 4. The molecule has 0 saturated heterocycles. The molecule has 1 aliphatic carbocycles. The zero-order valence-corrected chi connectivity index (χ0v) is 11.7. The summed E-state index contributed by atoms with van der Waals surface area (Å²) in [4.78, 5) is 4.05. The Kier molecular flexibility index (Phi) is 4.53. The van der Waals surface area contributed by atoms with E-state index in [9.17, 15) is 0 Å². The van der Waals surface area contributed by atoms with Crippen molar-refractivity contribution in [1.82, 2.24) is 4.98 Å². The van der Waals surface area contributed by atoms with E-state index in [1.807, 2.05) is 12.1 Å². The molecule has 0 amide bonds. The second kappa shape index (κ2) is 6.15. The van der Waals surface area contributed by atoms with E-state index >= 15 is 0 Å². The highest BCUT2D eigenvalue weighted by Crippen LogP contribution is 2.30. The largest absolute Gasteiger partial charge is 0.382 e. The van der Waals surface area contributed by atoms with Gasteiger partial charge < -0.3 is 10.5 Å². The van der Waals surface area contributed by atoms with E-state index < -0.39 is 0 Å². The fraction of sp³-hybridized carbons (Fsp3) is 0.600. The summed E-state index contributed by atoms with van der Waals surface area (Å²) in [6, 6.07) is 3.75. The van der Waals surface area contributed by atoms with Gasteiger partial charge in [0.15, 0.2) is 0 Å². The summed E-state index contributed by atoms with van der Waals surface area (Å²) in [5.74, 6) is 1.50. The zero-order chi connectivity index (χ0) is 13.8. The third-order valence-electron chi connectivity index (χ3n) is 3.72. The first-order valence-corrected chi connectivity index (χ1v) is 6.95. The minimum absolute atomic E-state index is 0.00163. The molecular formula is C15H23N3O. The lowest BCUT2D eigenvalue weighted by atomic mass is 9.82. The van der Waals surface area contributed by atoms with E-state index in [1.165, 1.54) is 6.42 Å². The van der Waals surface area contributed by atoms with Crippen LogP contribution < -0.4 is 5.73 Å². The van der Waals surface area contributed by atoms with E-state index in [1.54, 1.807) is 6.20 Å². The van der Waals surface area contributed by atoms with Gasteiger partial charge >= 0.3 is 0 Å². The summed E-state index contributed by atoms with van der Waals surface area (Å²) in [5, 5.41) is 7.39. The summed E-state index contributed by atoms with van der Waals surface area (Å²) in [7, 11) is 0. The number of hydrogen-bond acceptors (Lipinski definition) is 3. The summed E-state index contributed by atoms with van der Waals surface area (Å²) < 4.78 is 6.01. The van der Waals surface area contributed by atoms with Crippen LogP contribution in [-0.4, -0.2) is 16.9 Å². The van der Waals surface area contributed by atoms with Gasteiger partial charge in [-0.15, -0.1) is 0 Å². The van der Waals surface area contributed by atoms with Gasteiger partial charge in [0.2, 0.25) is 0 Å². The minimum atomic E-state index is 0.00163. The van der Waals surface area contributed by atoms with Crippen molar-refractivity contribution in [2.24, 2.45) is 17.6 Å². The number of pyridine rings is 1. The highest BCUT2D eigenvalue weighted by Gasteiger charge is 2.24. The van der Waals surface area contributed by atoms with Crippen LogP contribution in [0.2, 0.25) is 0 Å². The molecule has 1 fully saturated rings. The SMILES string of the molecule is CC1CC(C)CC(OCc2ccnc(C(=N)N)c2)C1. The summed E-state index contributed by atoms with van der Waals surface area (Å²) >= 11 is 0. The Labute approximate surface area is 114 Å². The number of ether oxygens (including phenoxy) is 1. The Morgan fingerprint density at radius 3 is 2.68 bits per heavy atom. The lowest BCUT2D eigenvalue weighted by molar-refractivity contribution is -0.00918. The van der Waals surface area contributed by atoms with E-state index in [0.29, 0.717) is 18.4 Å². The highest BCUT2D eigenvalue weighted by molar-refractivity contribution is 5.93. The van der Waals surface area contributed by atoms with Crippen LogP contribution in [0.1, 0.15) is 44.4 Å². The topological polar surface area (TPSA) is 72.0 Å². The van der Waals surface area contributed by atoms with Crippen LogP contribution in [0.4, 0.5) is 0 Å². The van der Waals surface area contributed by atoms with Crippen LogP contribution in [0.25, 0.3) is 0 Å². The van der Waals surface area contributed by atoms with E-state index in [4.69, 9.17) is 15.9 Å². The molecular weight excluding hydrogens is 238 g/mol. The van der Waals surface area contributed by atoms with Crippen molar-refractivity contribution in [3.63, 3.8) is 0 Å². The monoisotopic (exact) mass is 261 g/mol. The predicted molar refractivity (Wildman–Crippen MR) is 76.0 cm³/mol. The van der Waals surface area contributed by atoms with Crippen molar-refractivity contribution < 1.29 is 4.74 Å². The van der Waals surface area contributed by atoms with Crippen LogP contribution in [0, 0.1) is 17.2 Å². The van der Waals surface area contributed by atoms with Crippen LogP contribution in [0.5, 0.6) is 0 Å². The molecule has 1 aliphatic rings. The molecule has 0 aliphatic heterocycles. The maximum Gasteiger partial charge on any atom is 0.141 e. The normalized spacial score (nSPS) is 27.2. The van der Waals surface area contributed by atoms with Crippen molar-refractivity contribution >= 4 is 5.84 Å². The lowest BCUT2D eigenvalue weighted by Crippen LogP contribution is -2.26. The lowest BCUT2D eigenvalue weighted by Gasteiger charge is -2.31. The average molecular weight is 261 g/mol. The number of nitrogens with one attached hydrogen (secondary N) is 1. The van der Waals surface area contributed by atoms with Crippen molar-refractivity contribution in [2.45, 2.75) is 45.8 Å². The fourth-order valence-corrected chi connectivity index (χ4v) is 2.93. The molecule has 3 N–H and O–H groups in total. The third-order valence-corrected chi connectivity index (χ3v) is 3.72. The van der Waals surface area contributed by atoms with Crippen LogP contribution in [0.3, 0.4) is 0 Å². The number of nitrogens with two attached hydrogens (primary N) is 1. The molecule has 1 aromatic rings. The van der Waals surface area contributed by atoms with Gasteiger partial charge in [0.05, 0.1) is 12.7 Å². The maximum absolute atomic E-state index is 7.39. The molecule has 1 aromatic heterocycles. The molecule has 1 saturated carbocycles. The Hall–Kier alpha value is -1.42. The molecule has 19 heavy (non-hydrogen) atoms. The molecule has 4 heteroatoms. The predicted octanol–water partition coefficient (Wildman–Crippen LogP) is 2.71. The van der Waals surface area contributed by atoms with Gasteiger partial charge in [-0.2, -0.15) is 0 Å². The Bertz CT molecular complexity index is 437. The van der Waals surface area contributed by atoms with Gasteiger partial charge in [0.1, 0.15) is 11.5 Å². The first-order valence-electron chi connectivity index (χ1n) is 6.95. The minimum Gasteiger partial charge on any atom is -0.382 e. The second-order valence-electron chi connectivity index (χ2n) is 5.81. The first kappa shape index (κ1) is 14.0. The molecule has 2 rings (SSSR count). The Balaban J connectivity index is 1.91. The van der Waals surface area contributed by atoms with Gasteiger partial charge in [-0.05, 0) is 48.8 Å². The molecule has 2 atom stereocenters. The number of aromatic nitrogens is 1. The zero-order valence-electron chi connectivity index (χ0n) is 11.7. The molecule has 0 aromatic carbocycles. The fourth-order valence-electron chi connectivity index (χ4n) is 2.93. The first-order chi connectivity index (χ1) is 9.04. The summed E-state index contributed by atoms with van der Waals surface area (Å²) in [5.41, 5.74) is 6.99. The molecule has 2 unspecified atom stereocenters. The quantitative estimate of drug-likeness (QED) is 0.646. The van der Waals surface area contributed by atoms with E-state index in [0.717, 1.165) is 30.2 Å². The van der Waals surface area contributed by atoms with Crippen LogP contribution >= 0.6 is 0 Å². The molecule has 1 heterocycles. The van der Waals surface area contributed by atoms with Gasteiger partial charge in [0, 0.05) is 6.20 Å². The smallest absolute Gasteiger partial charge is 0.141 e. The molecule has 4 nitrogen and oxygen atoms in total. The number of nitrogen functional groups attached to an aromatic ring is 1. The Morgan fingerprint density at radius 1 is 1.37 bits per heavy atom. The average Bonchev–Trinajstić information content (AvgIpc) is 2.35. The van der Waals surface area contributed by atoms with Crippen molar-refractivity contribution in [3.8, 4) is 0 Å². The van der Waals surface area contributed by atoms with Crippen molar-refractivity contribution in [2.75, 3.05) is 0 Å². The number of hydrogen-bond donors (Lipinski definition) is 2. The van der Waals surface area contributed by atoms with E-state index in [2.05, 4.69) is 18.8 Å². The van der Waals surface area contributed by atoms with Crippen molar-refractivity contribution in [3.05, 3.63) is 29.6 Å². The van der Waals surface area contributed by atoms with Crippen LogP contribution in [0.15, 0.2) is 18.3 Å². The second-order valence-corrected chi connectivity index (χ2v) is 5.81. The molecule has 104 valence electrons. The standard InChI is InChI=1S/C15H23N3O/c1-10-5-11(2)7-13(6-10)19-9-12-3-4-18-14(8-12)15(16)17/h3-4,8,10-11,13H,5-7,9H2,1-2H3,(H3,16,17).